The number of aryl methyl sites for hydroxylation is 1. The molecule has 0 spiro atoms. The Morgan fingerprint density at radius 3 is 1.81 bits per heavy atom. The number of anilines is 1. The summed E-state index contributed by atoms with van der Waals surface area (Å²) in [5.74, 6) is 1.86. The number of halogens is 1. The number of rotatable bonds is 4. The van der Waals surface area contributed by atoms with Gasteiger partial charge >= 0.3 is 5.82 Å². The molecule has 0 amide bonds. The zero-order valence-corrected chi connectivity index (χ0v) is 15.1. The molecular weight excluding hydrogens is 344 g/mol. The maximum atomic E-state index is 4.77. The molecule has 5 heteroatoms. The van der Waals surface area contributed by atoms with E-state index >= 15 is 0 Å². The minimum atomic E-state index is 0. The van der Waals surface area contributed by atoms with Crippen molar-refractivity contribution in [1.29, 1.82) is 0 Å². The molecule has 0 radical (unpaired) electrons. The number of nitrogens with one attached hydrogen (secondary N) is 1. The second-order valence-electron chi connectivity index (χ2n) is 5.82. The summed E-state index contributed by atoms with van der Waals surface area (Å²) in [4.78, 5) is 0. The van der Waals surface area contributed by atoms with Crippen molar-refractivity contribution in [2.45, 2.75) is 0 Å². The molecule has 0 aliphatic carbocycles. The van der Waals surface area contributed by atoms with Crippen LogP contribution < -0.4 is 22.5 Å². The van der Waals surface area contributed by atoms with Gasteiger partial charge in [0.25, 0.3) is 5.82 Å². The van der Waals surface area contributed by atoms with E-state index in [2.05, 4.69) is 29.7 Å². The van der Waals surface area contributed by atoms with Crippen LogP contribution in [-0.4, -0.2) is 9.78 Å². The summed E-state index contributed by atoms with van der Waals surface area (Å²) in [6.45, 7) is 0. The molecule has 0 saturated carbocycles. The van der Waals surface area contributed by atoms with Gasteiger partial charge in [0.1, 0.15) is 0 Å². The SMILES string of the molecule is Cn1nc(-c2ccccc2)[n+](Nc2ccccc2)c1-c1ccccc1.[Cl-]. The van der Waals surface area contributed by atoms with Crippen LogP contribution in [0.3, 0.4) is 0 Å². The van der Waals surface area contributed by atoms with Crippen molar-refractivity contribution in [1.82, 2.24) is 9.78 Å². The van der Waals surface area contributed by atoms with E-state index in [1.54, 1.807) is 0 Å². The first-order valence-electron chi connectivity index (χ1n) is 8.25. The molecule has 0 saturated heterocycles. The third-order valence-corrected chi connectivity index (χ3v) is 4.05. The van der Waals surface area contributed by atoms with Gasteiger partial charge < -0.3 is 12.4 Å². The summed E-state index contributed by atoms with van der Waals surface area (Å²) >= 11 is 0. The van der Waals surface area contributed by atoms with Gasteiger partial charge in [-0.1, -0.05) is 54.6 Å². The van der Waals surface area contributed by atoms with Gasteiger partial charge in [0.15, 0.2) is 0 Å². The Balaban J connectivity index is 0.00000196. The molecule has 130 valence electrons. The molecule has 0 bridgehead atoms. The Hall–Kier alpha value is -3.11. The highest BCUT2D eigenvalue weighted by Gasteiger charge is 2.26. The van der Waals surface area contributed by atoms with Gasteiger partial charge in [-0.15, -0.1) is 9.36 Å². The van der Waals surface area contributed by atoms with Crippen molar-refractivity contribution in [3.05, 3.63) is 91.0 Å². The molecule has 0 aliphatic heterocycles. The third kappa shape index (κ3) is 3.46. The van der Waals surface area contributed by atoms with Crippen LogP contribution in [0.5, 0.6) is 0 Å². The smallest absolute Gasteiger partial charge is 0.331 e. The van der Waals surface area contributed by atoms with Crippen LogP contribution in [0.15, 0.2) is 91.0 Å². The fourth-order valence-corrected chi connectivity index (χ4v) is 2.90. The average molecular weight is 363 g/mol. The zero-order valence-electron chi connectivity index (χ0n) is 14.4. The Labute approximate surface area is 159 Å². The number of para-hydroxylation sites is 1. The number of hydrogen-bond acceptors (Lipinski definition) is 2. The van der Waals surface area contributed by atoms with Crippen LogP contribution in [0.2, 0.25) is 0 Å². The molecule has 0 atom stereocenters. The van der Waals surface area contributed by atoms with Gasteiger partial charge in [-0.3, -0.25) is 0 Å². The molecule has 26 heavy (non-hydrogen) atoms. The first-order chi connectivity index (χ1) is 12.3. The molecule has 4 rings (SSSR count). The van der Waals surface area contributed by atoms with Crippen LogP contribution in [0.25, 0.3) is 22.8 Å². The van der Waals surface area contributed by atoms with Gasteiger partial charge in [0.05, 0.1) is 23.9 Å². The number of hydrogen-bond donors (Lipinski definition) is 1. The van der Waals surface area contributed by atoms with E-state index in [4.69, 9.17) is 5.10 Å². The summed E-state index contributed by atoms with van der Waals surface area (Å²) in [6.07, 6.45) is 0. The van der Waals surface area contributed by atoms with Crippen molar-refractivity contribution in [3.63, 3.8) is 0 Å². The molecule has 1 heterocycles. The largest absolute Gasteiger partial charge is 1.00 e. The van der Waals surface area contributed by atoms with Crippen molar-refractivity contribution in [2.75, 3.05) is 5.43 Å². The molecular formula is C21H19ClN4. The maximum absolute atomic E-state index is 4.77. The van der Waals surface area contributed by atoms with E-state index in [-0.39, 0.29) is 12.4 Å². The Kier molecular flexibility index (Phi) is 5.34. The third-order valence-electron chi connectivity index (χ3n) is 4.05. The lowest BCUT2D eigenvalue weighted by Gasteiger charge is -2.08. The predicted molar refractivity (Wildman–Crippen MR) is 99.7 cm³/mol. The highest BCUT2D eigenvalue weighted by atomic mass is 35.5. The second-order valence-corrected chi connectivity index (χ2v) is 5.82. The van der Waals surface area contributed by atoms with Gasteiger partial charge in [-0.25, -0.2) is 5.43 Å². The molecule has 4 nitrogen and oxygen atoms in total. The minimum Gasteiger partial charge on any atom is -1.00 e. The first kappa shape index (κ1) is 17.7. The summed E-state index contributed by atoms with van der Waals surface area (Å²) < 4.78 is 3.95. The van der Waals surface area contributed by atoms with Crippen LogP contribution in [0.4, 0.5) is 5.69 Å². The lowest BCUT2D eigenvalue weighted by atomic mass is 10.2. The molecule has 0 aliphatic rings. The standard InChI is InChI=1S/C21H19N4.ClH/c1-24-21(18-13-7-3-8-14-18)25(22-19-15-9-4-10-16-19)20(23-24)17-11-5-2-6-12-17;/h2-16,22H,1H3;1H/q+1;/p-1. The fourth-order valence-electron chi connectivity index (χ4n) is 2.90. The Morgan fingerprint density at radius 1 is 0.731 bits per heavy atom. The van der Waals surface area contributed by atoms with Gasteiger partial charge in [-0.05, 0) is 36.4 Å². The van der Waals surface area contributed by atoms with E-state index in [1.165, 1.54) is 0 Å². The van der Waals surface area contributed by atoms with E-state index < -0.39 is 0 Å². The molecule has 3 aromatic carbocycles. The molecule has 1 aromatic heterocycles. The van der Waals surface area contributed by atoms with Crippen molar-refractivity contribution >= 4 is 5.69 Å². The van der Waals surface area contributed by atoms with Gasteiger partial charge in [0, 0.05) is 5.10 Å². The number of aromatic nitrogens is 3. The summed E-state index contributed by atoms with van der Waals surface area (Å²) in [7, 11) is 1.97. The monoisotopic (exact) mass is 362 g/mol. The molecule has 1 N–H and O–H groups in total. The van der Waals surface area contributed by atoms with Crippen LogP contribution in [0, 0.1) is 0 Å². The highest BCUT2D eigenvalue weighted by Crippen LogP contribution is 2.20. The normalized spacial score (nSPS) is 10.2. The predicted octanol–water partition coefficient (Wildman–Crippen LogP) is 0.921. The van der Waals surface area contributed by atoms with E-state index in [1.807, 2.05) is 83.1 Å². The van der Waals surface area contributed by atoms with E-state index in [0.717, 1.165) is 28.5 Å². The molecule has 0 fully saturated rings. The maximum Gasteiger partial charge on any atom is 0.331 e. The quantitative estimate of drug-likeness (QED) is 0.548. The second kappa shape index (κ2) is 7.85. The van der Waals surface area contributed by atoms with Gasteiger partial charge in [-0.2, -0.15) is 0 Å². The highest BCUT2D eigenvalue weighted by molar-refractivity contribution is 5.57. The Morgan fingerprint density at radius 2 is 1.23 bits per heavy atom. The van der Waals surface area contributed by atoms with Crippen LogP contribution >= 0.6 is 0 Å². The molecule has 0 unspecified atom stereocenters. The average Bonchev–Trinajstić information content (AvgIpc) is 3.00. The Bertz CT molecular complexity index is 967. The van der Waals surface area contributed by atoms with Crippen molar-refractivity contribution in [2.24, 2.45) is 7.05 Å². The lowest BCUT2D eigenvalue weighted by molar-refractivity contribution is -0.620. The number of nitrogens with zero attached hydrogens (tertiary/aromatic N) is 3. The first-order valence-corrected chi connectivity index (χ1v) is 8.25. The minimum absolute atomic E-state index is 0. The van der Waals surface area contributed by atoms with Crippen molar-refractivity contribution in [3.8, 4) is 22.8 Å². The van der Waals surface area contributed by atoms with Crippen molar-refractivity contribution < 1.29 is 17.1 Å². The van der Waals surface area contributed by atoms with E-state index in [9.17, 15) is 0 Å². The topological polar surface area (TPSA) is 33.7 Å². The number of benzene rings is 3. The fraction of sp³-hybridized carbons (Fsp3) is 0.0476. The van der Waals surface area contributed by atoms with Gasteiger partial charge in [0.2, 0.25) is 0 Å². The summed E-state index contributed by atoms with van der Waals surface area (Å²) in [5, 5.41) is 4.77. The van der Waals surface area contributed by atoms with Crippen LogP contribution in [0.1, 0.15) is 0 Å². The lowest BCUT2D eigenvalue weighted by Crippen LogP contribution is -3.00. The molecule has 4 aromatic rings. The summed E-state index contributed by atoms with van der Waals surface area (Å²) in [6, 6.07) is 30.6. The summed E-state index contributed by atoms with van der Waals surface area (Å²) in [5.41, 5.74) is 6.66. The zero-order chi connectivity index (χ0) is 17.1. The van der Waals surface area contributed by atoms with Crippen LogP contribution in [-0.2, 0) is 7.05 Å². The van der Waals surface area contributed by atoms with E-state index in [0.29, 0.717) is 0 Å².